The number of aliphatic imine (C=N–C) groups is 1. The molecule has 41 heavy (non-hydrogen) atoms. The van der Waals surface area contributed by atoms with Gasteiger partial charge in [-0.2, -0.15) is 0 Å². The molecule has 1 aliphatic heterocycles. The first-order chi connectivity index (χ1) is 20.0. The highest BCUT2D eigenvalue weighted by Gasteiger charge is 2.22. The summed E-state index contributed by atoms with van der Waals surface area (Å²) in [5.74, 6) is 0. The van der Waals surface area contributed by atoms with Crippen molar-refractivity contribution in [1.29, 1.82) is 0 Å². The van der Waals surface area contributed by atoms with Crippen LogP contribution in [0.25, 0.3) is 11.6 Å². The van der Waals surface area contributed by atoms with E-state index in [0.29, 0.717) is 32.3 Å². The van der Waals surface area contributed by atoms with Crippen LogP contribution in [0.4, 0.5) is 5.69 Å². The van der Waals surface area contributed by atoms with Crippen LogP contribution >= 0.6 is 7.60 Å². The number of allylic oxidation sites excluding steroid dienone is 3. The topological polar surface area (TPSA) is 51.1 Å². The second-order valence-electron chi connectivity index (χ2n) is 10.2. The van der Waals surface area contributed by atoms with Crippen molar-refractivity contribution < 1.29 is 13.6 Å². The number of hydrogen-bond acceptors (Lipinski definition) is 5. The van der Waals surface area contributed by atoms with Crippen molar-refractivity contribution in [3.8, 4) is 0 Å². The first-order valence-electron chi connectivity index (χ1n) is 14.8. The van der Waals surface area contributed by atoms with Crippen LogP contribution in [0.2, 0.25) is 0 Å². The number of aryl methyl sites for hydroxylation is 2. The van der Waals surface area contributed by atoms with E-state index < -0.39 is 7.60 Å². The van der Waals surface area contributed by atoms with E-state index in [1.807, 2.05) is 20.1 Å². The zero-order valence-electron chi connectivity index (χ0n) is 24.7. The molecule has 0 fully saturated rings. The number of anilines is 1. The molecule has 0 N–H and O–H groups in total. The van der Waals surface area contributed by atoms with Gasteiger partial charge in [-0.25, -0.2) is 0 Å². The first kappa shape index (κ1) is 30.7. The fraction of sp³-hybridized carbons (Fsp3) is 0.343. The van der Waals surface area contributed by atoms with E-state index in [1.165, 1.54) is 39.9 Å². The highest BCUT2D eigenvalue weighted by molar-refractivity contribution is 7.53. The molecule has 0 aliphatic carbocycles. The van der Waals surface area contributed by atoms with Crippen molar-refractivity contribution in [2.45, 2.75) is 46.6 Å². The summed E-state index contributed by atoms with van der Waals surface area (Å²) in [5, 5.41) is 0. The normalized spacial score (nSPS) is 14.2. The predicted octanol–water partition coefficient (Wildman–Crippen LogP) is 8.77. The average Bonchev–Trinajstić information content (AvgIpc) is 2.98. The van der Waals surface area contributed by atoms with E-state index in [4.69, 9.17) is 9.05 Å². The molecule has 0 aromatic heterocycles. The molecule has 1 heterocycles. The van der Waals surface area contributed by atoms with Crippen molar-refractivity contribution >= 4 is 31.1 Å². The summed E-state index contributed by atoms with van der Waals surface area (Å²) >= 11 is 0. The number of nitrogens with zero attached hydrogens (tertiary/aromatic N) is 2. The second-order valence-corrected chi connectivity index (χ2v) is 12.4. The van der Waals surface area contributed by atoms with Gasteiger partial charge < -0.3 is 13.9 Å². The van der Waals surface area contributed by atoms with Crippen molar-refractivity contribution in [2.24, 2.45) is 4.99 Å². The van der Waals surface area contributed by atoms with Gasteiger partial charge in [0, 0.05) is 31.5 Å². The predicted molar refractivity (Wildman–Crippen MR) is 174 cm³/mol. The zero-order valence-corrected chi connectivity index (χ0v) is 25.6. The van der Waals surface area contributed by atoms with Crippen LogP contribution in [0, 0.1) is 6.92 Å². The number of hydrogen-bond donors (Lipinski definition) is 0. The third-order valence-electron chi connectivity index (χ3n) is 7.18. The Hall–Kier alpha value is -3.24. The Bertz CT molecular complexity index is 1390. The Balaban J connectivity index is 1.47. The molecule has 0 saturated carbocycles. The summed E-state index contributed by atoms with van der Waals surface area (Å²) in [5.41, 5.74) is 8.80. The number of rotatable bonds is 14. The highest BCUT2D eigenvalue weighted by Crippen LogP contribution is 2.48. The lowest BCUT2D eigenvalue weighted by molar-refractivity contribution is 0.220. The third kappa shape index (κ3) is 9.13. The molecule has 216 valence electrons. The van der Waals surface area contributed by atoms with Crippen molar-refractivity contribution in [1.82, 2.24) is 0 Å². The quantitative estimate of drug-likeness (QED) is 0.0841. The average molecular weight is 571 g/mol. The summed E-state index contributed by atoms with van der Waals surface area (Å²) in [6.45, 7) is 9.16. The third-order valence-corrected chi connectivity index (χ3v) is 9.34. The number of benzene rings is 3. The van der Waals surface area contributed by atoms with Gasteiger partial charge in [-0.05, 0) is 91.6 Å². The smallest absolute Gasteiger partial charge is 0.330 e. The lowest BCUT2D eigenvalue weighted by Gasteiger charge is -2.31. The van der Waals surface area contributed by atoms with E-state index in [2.05, 4.69) is 108 Å². The largest absolute Gasteiger partial charge is 0.367 e. The molecule has 0 unspecified atom stereocenters. The van der Waals surface area contributed by atoms with Crippen molar-refractivity contribution in [3.63, 3.8) is 0 Å². The molecule has 4 rings (SSSR count). The minimum absolute atomic E-state index is 0.376. The van der Waals surface area contributed by atoms with Gasteiger partial charge in [0.1, 0.15) is 0 Å². The number of fused-ring (bicyclic) bond motifs is 1. The lowest BCUT2D eigenvalue weighted by Crippen LogP contribution is -2.28. The molecule has 1 aliphatic rings. The molecule has 0 saturated heterocycles. The van der Waals surface area contributed by atoms with Gasteiger partial charge in [0.05, 0.1) is 19.4 Å². The van der Waals surface area contributed by atoms with E-state index in [0.717, 1.165) is 25.1 Å². The Labute approximate surface area is 246 Å². The van der Waals surface area contributed by atoms with Crippen LogP contribution in [0.1, 0.15) is 54.5 Å². The monoisotopic (exact) mass is 570 g/mol. The molecule has 3 aromatic carbocycles. The van der Waals surface area contributed by atoms with Gasteiger partial charge in [0.2, 0.25) is 0 Å². The van der Waals surface area contributed by atoms with Crippen LogP contribution < -0.4 is 4.90 Å². The maximum atomic E-state index is 12.7. The van der Waals surface area contributed by atoms with Crippen LogP contribution in [0.5, 0.6) is 0 Å². The molecule has 0 bridgehead atoms. The Morgan fingerprint density at radius 2 is 1.76 bits per heavy atom. The maximum Gasteiger partial charge on any atom is 0.330 e. The molecule has 0 amide bonds. The van der Waals surface area contributed by atoms with Gasteiger partial charge in [-0.3, -0.25) is 9.56 Å². The molecule has 5 nitrogen and oxygen atoms in total. The fourth-order valence-corrected chi connectivity index (χ4v) is 6.86. The van der Waals surface area contributed by atoms with Gasteiger partial charge >= 0.3 is 7.60 Å². The molecular formula is C35H43N2O3P. The van der Waals surface area contributed by atoms with E-state index in [1.54, 1.807) is 0 Å². The zero-order chi connectivity index (χ0) is 28.9. The Morgan fingerprint density at radius 1 is 1.00 bits per heavy atom. The molecule has 6 heteroatoms. The highest BCUT2D eigenvalue weighted by atomic mass is 31.2. The summed E-state index contributed by atoms with van der Waals surface area (Å²) in [6, 6.07) is 25.9. The van der Waals surface area contributed by atoms with Crippen LogP contribution in [0.3, 0.4) is 0 Å². The van der Waals surface area contributed by atoms with Crippen molar-refractivity contribution in [3.05, 3.63) is 113 Å². The summed E-state index contributed by atoms with van der Waals surface area (Å²) in [4.78, 5) is 7.07. The molecule has 0 spiro atoms. The fourth-order valence-electron chi connectivity index (χ4n) is 5.21. The minimum Gasteiger partial charge on any atom is -0.367 e. The molecule has 3 aromatic rings. The Kier molecular flexibility index (Phi) is 11.7. The van der Waals surface area contributed by atoms with E-state index >= 15 is 0 Å². The molecular weight excluding hydrogens is 527 g/mol. The maximum absolute atomic E-state index is 12.7. The van der Waals surface area contributed by atoms with Crippen molar-refractivity contribution in [2.75, 3.05) is 37.4 Å². The first-order valence-corrected chi connectivity index (χ1v) is 16.5. The SMILES string of the molecule is CCOP(=O)(CCC/N=C/C=C(/C=Cc1ccc2c(c1)CCCN2Cc1ccccc1)c1ccccc1C)OCC. The Morgan fingerprint density at radius 3 is 2.51 bits per heavy atom. The van der Waals surface area contributed by atoms with E-state index in [9.17, 15) is 4.57 Å². The molecule has 0 atom stereocenters. The van der Waals surface area contributed by atoms with Crippen LogP contribution in [-0.4, -0.2) is 38.7 Å². The summed E-state index contributed by atoms with van der Waals surface area (Å²) in [6.07, 6.45) is 11.6. The van der Waals surface area contributed by atoms with Gasteiger partial charge in [-0.1, -0.05) is 72.8 Å². The van der Waals surface area contributed by atoms with Gasteiger partial charge in [0.15, 0.2) is 0 Å². The lowest BCUT2D eigenvalue weighted by atomic mass is 9.96. The van der Waals surface area contributed by atoms with Gasteiger partial charge in [-0.15, -0.1) is 0 Å². The van der Waals surface area contributed by atoms with E-state index in [-0.39, 0.29) is 0 Å². The summed E-state index contributed by atoms with van der Waals surface area (Å²) in [7, 11) is -3.02. The van der Waals surface area contributed by atoms with Crippen LogP contribution in [0.15, 0.2) is 89.9 Å². The van der Waals surface area contributed by atoms with Crippen LogP contribution in [-0.2, 0) is 26.6 Å². The summed E-state index contributed by atoms with van der Waals surface area (Å²) < 4.78 is 23.4. The second kappa shape index (κ2) is 15.7. The standard InChI is InChI=1S/C35H43N2O3P/c1-4-39-41(38,40-5-2)26-12-23-36-24-22-32(34-17-10-9-13-29(34)3)20-18-30-19-21-35-33(27-30)16-11-25-37(35)28-31-14-7-6-8-15-31/h6-10,13-15,17-22,24,27H,4-5,11-12,16,23,25-26,28H2,1-3H3/b20-18?,32-22-,36-24+. The van der Waals surface area contributed by atoms with Gasteiger partial charge in [0.25, 0.3) is 0 Å². The molecule has 0 radical (unpaired) electrons. The minimum atomic E-state index is -3.02.